The zero-order valence-corrected chi connectivity index (χ0v) is 9.17. The van der Waals surface area contributed by atoms with Gasteiger partial charge in [0.25, 0.3) is 0 Å². The van der Waals surface area contributed by atoms with Gasteiger partial charge < -0.3 is 15.2 Å². The summed E-state index contributed by atoms with van der Waals surface area (Å²) in [5, 5.41) is 12.5. The molecular formula is C11H16FNO2. The molecule has 0 saturated carbocycles. The number of nitrogens with one attached hydrogen (secondary N) is 1. The van der Waals surface area contributed by atoms with E-state index in [9.17, 15) is 9.50 Å². The second-order valence-corrected chi connectivity index (χ2v) is 3.44. The van der Waals surface area contributed by atoms with Crippen molar-refractivity contribution < 1.29 is 14.2 Å². The van der Waals surface area contributed by atoms with E-state index in [0.29, 0.717) is 6.54 Å². The van der Waals surface area contributed by atoms with Gasteiger partial charge in [-0.2, -0.15) is 0 Å². The lowest BCUT2D eigenvalue weighted by Gasteiger charge is -2.14. The third-order valence-electron chi connectivity index (χ3n) is 2.19. The van der Waals surface area contributed by atoms with Crippen LogP contribution in [0.4, 0.5) is 4.39 Å². The van der Waals surface area contributed by atoms with Crippen molar-refractivity contribution in [3.63, 3.8) is 0 Å². The monoisotopic (exact) mass is 213 g/mol. The number of rotatable bonds is 4. The van der Waals surface area contributed by atoms with Crippen LogP contribution in [-0.4, -0.2) is 25.8 Å². The van der Waals surface area contributed by atoms with Gasteiger partial charge in [0.2, 0.25) is 0 Å². The highest BCUT2D eigenvalue weighted by Crippen LogP contribution is 2.26. The number of hydrogen-bond acceptors (Lipinski definition) is 3. The van der Waals surface area contributed by atoms with Crippen LogP contribution in [0.15, 0.2) is 12.1 Å². The van der Waals surface area contributed by atoms with Crippen LogP contribution in [0.25, 0.3) is 0 Å². The minimum Gasteiger partial charge on any atom is -0.494 e. The first kappa shape index (κ1) is 11.9. The van der Waals surface area contributed by atoms with Crippen LogP contribution in [0.2, 0.25) is 0 Å². The summed E-state index contributed by atoms with van der Waals surface area (Å²) < 4.78 is 18.6. The van der Waals surface area contributed by atoms with E-state index in [1.807, 2.05) is 6.92 Å². The Morgan fingerprint density at radius 2 is 2.20 bits per heavy atom. The van der Waals surface area contributed by atoms with Crippen LogP contribution in [-0.2, 0) is 0 Å². The van der Waals surface area contributed by atoms with Gasteiger partial charge in [-0.15, -0.1) is 0 Å². The molecule has 3 nitrogen and oxygen atoms in total. The van der Waals surface area contributed by atoms with Gasteiger partial charge >= 0.3 is 0 Å². The van der Waals surface area contributed by atoms with Gasteiger partial charge in [0.05, 0.1) is 13.2 Å². The van der Waals surface area contributed by atoms with Crippen LogP contribution in [0.5, 0.6) is 5.75 Å². The van der Waals surface area contributed by atoms with E-state index in [-0.39, 0.29) is 11.3 Å². The number of halogens is 1. The number of benzene rings is 1. The second-order valence-electron chi connectivity index (χ2n) is 3.44. The average Bonchev–Trinajstić information content (AvgIpc) is 2.21. The van der Waals surface area contributed by atoms with Crippen molar-refractivity contribution in [3.05, 3.63) is 29.1 Å². The van der Waals surface area contributed by atoms with Gasteiger partial charge in [-0.3, -0.25) is 0 Å². The Hall–Kier alpha value is -1.13. The fourth-order valence-corrected chi connectivity index (χ4v) is 1.46. The normalized spacial score (nSPS) is 12.6. The van der Waals surface area contributed by atoms with E-state index >= 15 is 0 Å². The summed E-state index contributed by atoms with van der Waals surface area (Å²) >= 11 is 0. The molecule has 1 atom stereocenters. The summed E-state index contributed by atoms with van der Waals surface area (Å²) in [6.07, 6.45) is -0.858. The molecule has 1 rings (SSSR count). The molecule has 0 heterocycles. The molecule has 0 spiro atoms. The number of hydrogen-bond donors (Lipinski definition) is 2. The van der Waals surface area contributed by atoms with Crippen molar-refractivity contribution in [1.29, 1.82) is 0 Å². The number of methoxy groups -OCH3 is 1. The van der Waals surface area contributed by atoms with Gasteiger partial charge in [-0.25, -0.2) is 4.39 Å². The van der Waals surface area contributed by atoms with E-state index < -0.39 is 11.9 Å². The Bertz CT molecular complexity index is 342. The lowest BCUT2D eigenvalue weighted by atomic mass is 10.0. The molecule has 1 aromatic carbocycles. The summed E-state index contributed by atoms with van der Waals surface area (Å²) in [6.45, 7) is 2.14. The number of likely N-dealkylation sites (N-methyl/N-ethyl adjacent to an activating group) is 1. The first-order valence-corrected chi connectivity index (χ1v) is 4.76. The zero-order chi connectivity index (χ0) is 11.4. The maximum atomic E-state index is 13.7. The minimum atomic E-state index is -0.858. The topological polar surface area (TPSA) is 41.5 Å². The molecule has 0 saturated heterocycles. The molecule has 4 heteroatoms. The molecule has 0 radical (unpaired) electrons. The first-order valence-electron chi connectivity index (χ1n) is 4.76. The average molecular weight is 213 g/mol. The zero-order valence-electron chi connectivity index (χ0n) is 9.17. The highest BCUT2D eigenvalue weighted by Gasteiger charge is 2.16. The van der Waals surface area contributed by atoms with Gasteiger partial charge in [0.15, 0.2) is 11.6 Å². The fraction of sp³-hybridized carbons (Fsp3) is 0.455. The molecule has 1 aromatic rings. The predicted octanol–water partition coefficient (Wildman–Crippen LogP) is 1.40. The van der Waals surface area contributed by atoms with E-state index in [2.05, 4.69) is 5.32 Å². The predicted molar refractivity (Wildman–Crippen MR) is 56.6 cm³/mol. The summed E-state index contributed by atoms with van der Waals surface area (Å²) in [6, 6.07) is 3.23. The molecular weight excluding hydrogens is 197 g/mol. The van der Waals surface area contributed by atoms with Crippen molar-refractivity contribution >= 4 is 0 Å². The molecule has 15 heavy (non-hydrogen) atoms. The Kier molecular flexibility index (Phi) is 4.05. The van der Waals surface area contributed by atoms with Crippen LogP contribution in [0.3, 0.4) is 0 Å². The third kappa shape index (κ3) is 2.67. The van der Waals surface area contributed by atoms with Crippen molar-refractivity contribution in [2.75, 3.05) is 20.7 Å². The highest BCUT2D eigenvalue weighted by molar-refractivity contribution is 5.37. The van der Waals surface area contributed by atoms with Crippen LogP contribution in [0, 0.1) is 12.7 Å². The second kappa shape index (κ2) is 5.09. The number of aliphatic hydroxyl groups excluding tert-OH is 1. The molecule has 1 unspecified atom stereocenters. The summed E-state index contributed by atoms with van der Waals surface area (Å²) in [4.78, 5) is 0. The van der Waals surface area contributed by atoms with Crippen LogP contribution in [0.1, 0.15) is 17.2 Å². The van der Waals surface area contributed by atoms with Crippen molar-refractivity contribution in [1.82, 2.24) is 5.32 Å². The fourth-order valence-electron chi connectivity index (χ4n) is 1.46. The molecule has 0 aromatic heterocycles. The maximum absolute atomic E-state index is 13.7. The van der Waals surface area contributed by atoms with E-state index in [1.54, 1.807) is 19.2 Å². The third-order valence-corrected chi connectivity index (χ3v) is 2.19. The highest BCUT2D eigenvalue weighted by atomic mass is 19.1. The SMILES string of the molecule is CNCC(O)c1cc(C)cc(OC)c1F. The van der Waals surface area contributed by atoms with Crippen molar-refractivity contribution in [2.45, 2.75) is 13.0 Å². The largest absolute Gasteiger partial charge is 0.494 e. The molecule has 84 valence electrons. The standard InChI is InChI=1S/C11H16FNO2/c1-7-4-8(9(14)6-13-2)11(12)10(5-7)15-3/h4-5,9,13-14H,6H2,1-3H3. The molecule has 0 bridgehead atoms. The Balaban J connectivity index is 3.11. The van der Waals surface area contributed by atoms with Gasteiger partial charge in [0, 0.05) is 12.1 Å². The number of ether oxygens (including phenoxy) is 1. The van der Waals surface area contributed by atoms with Gasteiger partial charge in [0.1, 0.15) is 0 Å². The smallest absolute Gasteiger partial charge is 0.170 e. The molecule has 0 aliphatic rings. The van der Waals surface area contributed by atoms with Crippen LogP contribution < -0.4 is 10.1 Å². The lowest BCUT2D eigenvalue weighted by Crippen LogP contribution is -2.18. The van der Waals surface area contributed by atoms with Crippen molar-refractivity contribution in [2.24, 2.45) is 0 Å². The summed E-state index contributed by atoms with van der Waals surface area (Å²) in [7, 11) is 3.11. The van der Waals surface area contributed by atoms with Gasteiger partial charge in [-0.05, 0) is 25.6 Å². The summed E-state index contributed by atoms with van der Waals surface area (Å²) in [5.74, 6) is -0.328. The Morgan fingerprint density at radius 3 is 2.73 bits per heavy atom. The Labute approximate surface area is 88.9 Å². The number of aliphatic hydroxyl groups is 1. The Morgan fingerprint density at radius 1 is 1.53 bits per heavy atom. The van der Waals surface area contributed by atoms with E-state index in [0.717, 1.165) is 5.56 Å². The van der Waals surface area contributed by atoms with Crippen LogP contribution >= 0.6 is 0 Å². The molecule has 0 aliphatic heterocycles. The molecule has 2 N–H and O–H groups in total. The quantitative estimate of drug-likeness (QED) is 0.794. The summed E-state index contributed by atoms with van der Waals surface area (Å²) in [5.41, 5.74) is 1.12. The number of aryl methyl sites for hydroxylation is 1. The minimum absolute atomic E-state index is 0.167. The lowest BCUT2D eigenvalue weighted by molar-refractivity contribution is 0.172. The molecule has 0 fully saturated rings. The molecule has 0 amide bonds. The maximum Gasteiger partial charge on any atom is 0.170 e. The van der Waals surface area contributed by atoms with Gasteiger partial charge in [-0.1, -0.05) is 6.07 Å². The van der Waals surface area contributed by atoms with E-state index in [1.165, 1.54) is 7.11 Å². The molecule has 0 aliphatic carbocycles. The first-order chi connectivity index (χ1) is 7.10. The van der Waals surface area contributed by atoms with E-state index in [4.69, 9.17) is 4.74 Å². The van der Waals surface area contributed by atoms with Crippen molar-refractivity contribution in [3.8, 4) is 5.75 Å².